The molecule has 112 valence electrons. The Morgan fingerprint density at radius 1 is 1.24 bits per heavy atom. The number of nitrogens with one attached hydrogen (secondary N) is 1. The van der Waals surface area contributed by atoms with Crippen LogP contribution in [0.4, 0.5) is 0 Å². The van der Waals surface area contributed by atoms with E-state index < -0.39 is 5.97 Å². The number of rotatable bonds is 6. The lowest BCUT2D eigenvalue weighted by molar-refractivity contribution is -0.910. The molecule has 1 heterocycles. The Morgan fingerprint density at radius 3 is 2.33 bits per heavy atom. The average molecular weight is 304 g/mol. The molecule has 0 fully saturated rings. The van der Waals surface area contributed by atoms with Gasteiger partial charge in [0.1, 0.15) is 11.6 Å². The van der Waals surface area contributed by atoms with Crippen LogP contribution < -0.4 is 10.0 Å². The molecule has 21 heavy (non-hydrogen) atoms. The molecule has 0 aliphatic carbocycles. The van der Waals surface area contributed by atoms with Crippen LogP contribution >= 0.6 is 11.3 Å². The first-order chi connectivity index (χ1) is 10.0. The zero-order valence-electron chi connectivity index (χ0n) is 12.6. The molecule has 0 radical (unpaired) electrons. The monoisotopic (exact) mass is 304 g/mol. The van der Waals surface area contributed by atoms with Crippen molar-refractivity contribution in [2.45, 2.75) is 27.3 Å². The van der Waals surface area contributed by atoms with Crippen molar-refractivity contribution in [2.75, 3.05) is 13.1 Å². The van der Waals surface area contributed by atoms with Crippen molar-refractivity contribution >= 4 is 17.3 Å². The van der Waals surface area contributed by atoms with Gasteiger partial charge in [0.15, 0.2) is 0 Å². The van der Waals surface area contributed by atoms with Crippen molar-refractivity contribution in [3.63, 3.8) is 0 Å². The van der Waals surface area contributed by atoms with Gasteiger partial charge in [0.25, 0.3) is 0 Å². The van der Waals surface area contributed by atoms with E-state index in [0.29, 0.717) is 5.69 Å². The zero-order valence-corrected chi connectivity index (χ0v) is 13.4. The molecule has 4 nitrogen and oxygen atoms in total. The van der Waals surface area contributed by atoms with Crippen LogP contribution in [0.3, 0.4) is 0 Å². The third-order valence-corrected chi connectivity index (χ3v) is 4.82. The Balaban J connectivity index is 2.19. The molecule has 0 aliphatic rings. The lowest BCUT2D eigenvalue weighted by Crippen LogP contribution is -3.10. The Morgan fingerprint density at radius 2 is 1.86 bits per heavy atom. The largest absolute Gasteiger partial charge is 0.544 e. The number of carbonyl (C=O) groups excluding carboxylic acids is 1. The first kappa shape index (κ1) is 15.7. The summed E-state index contributed by atoms with van der Waals surface area (Å²) < 4.78 is 0. The molecule has 1 N–H and O–H groups in total. The molecular formula is C16H20N2O2S. The second-order valence-corrected chi connectivity index (χ2v) is 6.05. The fraction of sp³-hybridized carbons (Fsp3) is 0.375. The fourth-order valence-electron chi connectivity index (χ4n) is 2.26. The van der Waals surface area contributed by atoms with Gasteiger partial charge in [-0.05, 0) is 20.8 Å². The van der Waals surface area contributed by atoms with Crippen LogP contribution in [0.1, 0.15) is 34.8 Å². The lowest BCUT2D eigenvalue weighted by atomic mass is 10.1. The Labute approximate surface area is 129 Å². The van der Waals surface area contributed by atoms with Gasteiger partial charge in [0.05, 0.1) is 29.6 Å². The zero-order chi connectivity index (χ0) is 15.4. The molecule has 0 saturated carbocycles. The number of thiazole rings is 1. The minimum Gasteiger partial charge on any atom is -0.544 e. The minimum atomic E-state index is -1.15. The highest BCUT2D eigenvalue weighted by Crippen LogP contribution is 2.27. The number of aromatic carboxylic acids is 1. The predicted molar refractivity (Wildman–Crippen MR) is 82.4 cm³/mol. The summed E-state index contributed by atoms with van der Waals surface area (Å²) in [5.41, 5.74) is 2.76. The Bertz CT molecular complexity index is 616. The van der Waals surface area contributed by atoms with E-state index in [4.69, 9.17) is 0 Å². The van der Waals surface area contributed by atoms with Crippen LogP contribution in [-0.2, 0) is 6.54 Å². The normalized spacial score (nSPS) is 11.0. The standard InChI is InChI=1S/C16H20N2O2S/c1-4-18(5-2)10-12-6-8-13(9-7-12)15-17-11(3)14(21-15)16(19)20/h6-9H,4-5,10H2,1-3H3,(H,19,20). The van der Waals surface area contributed by atoms with Gasteiger partial charge in [-0.3, -0.25) is 0 Å². The van der Waals surface area contributed by atoms with Gasteiger partial charge < -0.3 is 14.8 Å². The first-order valence-electron chi connectivity index (χ1n) is 7.16. The van der Waals surface area contributed by atoms with Crippen LogP contribution in [0.25, 0.3) is 10.6 Å². The topological polar surface area (TPSA) is 57.5 Å². The summed E-state index contributed by atoms with van der Waals surface area (Å²) in [4.78, 5) is 17.0. The number of carboxylic acid groups (broad SMARTS) is 1. The molecule has 0 spiro atoms. The maximum absolute atomic E-state index is 11.0. The summed E-state index contributed by atoms with van der Waals surface area (Å²) in [6.07, 6.45) is 0. The fourth-order valence-corrected chi connectivity index (χ4v) is 3.17. The van der Waals surface area contributed by atoms with E-state index in [9.17, 15) is 9.90 Å². The second-order valence-electron chi connectivity index (χ2n) is 5.05. The molecule has 2 aromatic rings. The molecule has 1 aromatic heterocycles. The molecule has 0 atom stereocenters. The molecule has 2 rings (SSSR count). The summed E-state index contributed by atoms with van der Waals surface area (Å²) in [6.45, 7) is 9.30. The van der Waals surface area contributed by atoms with Crippen molar-refractivity contribution in [2.24, 2.45) is 0 Å². The predicted octanol–water partition coefficient (Wildman–Crippen LogP) is 0.907. The van der Waals surface area contributed by atoms with Gasteiger partial charge in [0, 0.05) is 11.1 Å². The molecule has 0 amide bonds. The number of hydrogen-bond acceptors (Lipinski definition) is 4. The SMILES string of the molecule is CC[NH+](CC)Cc1ccc(-c2nc(C)c(C(=O)[O-])s2)cc1. The third kappa shape index (κ3) is 3.68. The number of carbonyl (C=O) groups is 1. The van der Waals surface area contributed by atoms with Gasteiger partial charge in [-0.2, -0.15) is 0 Å². The molecule has 0 bridgehead atoms. The molecule has 0 aliphatic heterocycles. The van der Waals surface area contributed by atoms with Crippen molar-refractivity contribution in [3.8, 4) is 10.6 Å². The summed E-state index contributed by atoms with van der Waals surface area (Å²) in [6, 6.07) is 8.21. The summed E-state index contributed by atoms with van der Waals surface area (Å²) in [5, 5.41) is 11.7. The molecule has 5 heteroatoms. The molecule has 1 aromatic carbocycles. The van der Waals surface area contributed by atoms with E-state index in [-0.39, 0.29) is 4.88 Å². The molecule has 0 saturated heterocycles. The van der Waals surface area contributed by atoms with Crippen LogP contribution in [0, 0.1) is 6.92 Å². The van der Waals surface area contributed by atoms with Gasteiger partial charge in [0.2, 0.25) is 0 Å². The average Bonchev–Trinajstić information content (AvgIpc) is 2.87. The van der Waals surface area contributed by atoms with E-state index in [1.807, 2.05) is 12.1 Å². The number of quaternary nitrogens is 1. The van der Waals surface area contributed by atoms with Crippen molar-refractivity contribution < 1.29 is 14.8 Å². The van der Waals surface area contributed by atoms with E-state index in [2.05, 4.69) is 31.0 Å². The molecular weight excluding hydrogens is 284 g/mol. The highest BCUT2D eigenvalue weighted by Gasteiger charge is 2.11. The summed E-state index contributed by atoms with van der Waals surface area (Å²) in [7, 11) is 0. The van der Waals surface area contributed by atoms with Crippen LogP contribution in [0.5, 0.6) is 0 Å². The van der Waals surface area contributed by atoms with Crippen LogP contribution in [0.2, 0.25) is 0 Å². The molecule has 0 unspecified atom stereocenters. The minimum absolute atomic E-state index is 0.210. The quantitative estimate of drug-likeness (QED) is 0.863. The van der Waals surface area contributed by atoms with Gasteiger partial charge in [-0.15, -0.1) is 11.3 Å². The van der Waals surface area contributed by atoms with E-state index in [1.165, 1.54) is 21.8 Å². The van der Waals surface area contributed by atoms with E-state index in [0.717, 1.165) is 30.2 Å². The summed E-state index contributed by atoms with van der Waals surface area (Å²) in [5.74, 6) is -1.15. The van der Waals surface area contributed by atoms with Crippen LogP contribution in [0.15, 0.2) is 24.3 Å². The lowest BCUT2D eigenvalue weighted by Gasteiger charge is -2.15. The van der Waals surface area contributed by atoms with Crippen molar-refractivity contribution in [1.29, 1.82) is 0 Å². The van der Waals surface area contributed by atoms with Gasteiger partial charge in [-0.1, -0.05) is 24.3 Å². The van der Waals surface area contributed by atoms with Crippen LogP contribution in [-0.4, -0.2) is 24.0 Å². The number of hydrogen-bond donors (Lipinski definition) is 1. The number of benzene rings is 1. The summed E-state index contributed by atoms with van der Waals surface area (Å²) >= 11 is 1.17. The van der Waals surface area contributed by atoms with E-state index >= 15 is 0 Å². The first-order valence-corrected chi connectivity index (χ1v) is 7.98. The Kier molecular flexibility index (Phi) is 5.09. The highest BCUT2D eigenvalue weighted by molar-refractivity contribution is 7.17. The maximum Gasteiger partial charge on any atom is 0.124 e. The number of nitrogens with zero attached hydrogens (tertiary/aromatic N) is 1. The maximum atomic E-state index is 11.0. The third-order valence-electron chi connectivity index (χ3n) is 3.64. The number of aromatic nitrogens is 1. The van der Waals surface area contributed by atoms with Gasteiger partial charge >= 0.3 is 0 Å². The van der Waals surface area contributed by atoms with Crippen molar-refractivity contribution in [1.82, 2.24) is 4.98 Å². The smallest absolute Gasteiger partial charge is 0.124 e. The van der Waals surface area contributed by atoms with Gasteiger partial charge in [-0.25, -0.2) is 4.98 Å². The number of aryl methyl sites for hydroxylation is 1. The van der Waals surface area contributed by atoms with E-state index in [1.54, 1.807) is 6.92 Å². The number of carboxylic acids is 1. The second kappa shape index (κ2) is 6.83. The Hall–Kier alpha value is -1.72. The van der Waals surface area contributed by atoms with Crippen molar-refractivity contribution in [3.05, 3.63) is 40.4 Å². The highest BCUT2D eigenvalue weighted by atomic mass is 32.1.